The third kappa shape index (κ3) is 2.31. The molecule has 0 aliphatic heterocycles. The molecule has 3 heteroatoms. The van der Waals surface area contributed by atoms with Crippen LogP contribution in [0.15, 0.2) is 48.8 Å². The summed E-state index contributed by atoms with van der Waals surface area (Å²) in [4.78, 5) is 0. The Morgan fingerprint density at radius 2 is 1.95 bits per heavy atom. The van der Waals surface area contributed by atoms with Crippen molar-refractivity contribution in [1.82, 2.24) is 0 Å². The number of hydrogen-bond acceptors (Lipinski definition) is 3. The maximum absolute atomic E-state index is 10.9. The molecule has 0 heterocycles. The molecule has 1 aromatic rings. The number of ether oxygens (including phenoxy) is 2. The van der Waals surface area contributed by atoms with E-state index in [-0.39, 0.29) is 0 Å². The van der Waals surface area contributed by atoms with Gasteiger partial charge in [0.1, 0.15) is 5.75 Å². The van der Waals surface area contributed by atoms with Gasteiger partial charge in [-0.25, -0.2) is 0 Å². The number of aliphatic hydroxyl groups is 1. The largest absolute Gasteiger partial charge is 0.505 e. The minimum atomic E-state index is -1.36. The molecule has 0 bridgehead atoms. The van der Waals surface area contributed by atoms with Gasteiger partial charge in [-0.05, 0) is 30.2 Å². The lowest BCUT2D eigenvalue weighted by molar-refractivity contribution is 0.0338. The first kappa shape index (κ1) is 14.2. The van der Waals surface area contributed by atoms with Gasteiger partial charge in [-0.1, -0.05) is 30.2 Å². The fraction of sp³-hybridized carbons (Fsp3) is 0.294. The molecule has 0 amide bonds. The van der Waals surface area contributed by atoms with Crippen molar-refractivity contribution in [2.24, 2.45) is 5.41 Å². The Kier molecular flexibility index (Phi) is 3.87. The van der Waals surface area contributed by atoms with Crippen LogP contribution in [0.4, 0.5) is 0 Å². The van der Waals surface area contributed by atoms with E-state index in [2.05, 4.69) is 5.92 Å². The summed E-state index contributed by atoms with van der Waals surface area (Å²) in [5.41, 5.74) is -1.22. The quantitative estimate of drug-likeness (QED) is 0.490. The number of benzene rings is 1. The Morgan fingerprint density at radius 3 is 2.40 bits per heavy atom. The fourth-order valence-electron chi connectivity index (χ4n) is 2.28. The van der Waals surface area contributed by atoms with Crippen LogP contribution in [-0.4, -0.2) is 19.3 Å². The summed E-state index contributed by atoms with van der Waals surface area (Å²) >= 11 is 0. The number of methoxy groups -OCH3 is 2. The van der Waals surface area contributed by atoms with Crippen molar-refractivity contribution in [2.45, 2.75) is 12.0 Å². The van der Waals surface area contributed by atoms with E-state index in [1.807, 2.05) is 18.2 Å². The molecule has 0 radical (unpaired) electrons. The van der Waals surface area contributed by atoms with E-state index in [1.54, 1.807) is 44.7 Å². The highest BCUT2D eigenvalue weighted by atomic mass is 16.5. The normalized spacial score (nSPS) is 18.3. The summed E-state index contributed by atoms with van der Waals surface area (Å²) in [6, 6.07) is 7.17. The molecule has 1 aromatic carbocycles. The van der Waals surface area contributed by atoms with Crippen molar-refractivity contribution in [3.8, 4) is 18.1 Å². The topological polar surface area (TPSA) is 38.7 Å². The Hall–Kier alpha value is -2.18. The van der Waals surface area contributed by atoms with Crippen molar-refractivity contribution in [3.63, 3.8) is 0 Å². The summed E-state index contributed by atoms with van der Waals surface area (Å²) in [5.74, 6) is 3.27. The average Bonchev–Trinajstić information content (AvgIpc) is 3.28. The van der Waals surface area contributed by atoms with Crippen LogP contribution in [0.25, 0.3) is 0 Å². The third-order valence-electron chi connectivity index (χ3n) is 3.65. The third-order valence-corrected chi connectivity index (χ3v) is 3.65. The summed E-state index contributed by atoms with van der Waals surface area (Å²) in [5, 5.41) is 10.9. The van der Waals surface area contributed by atoms with E-state index >= 15 is 0 Å². The number of hydrogen-bond donors (Lipinski definition) is 1. The fourth-order valence-corrected chi connectivity index (χ4v) is 2.28. The minimum absolute atomic E-state index is 0.536. The zero-order valence-corrected chi connectivity index (χ0v) is 11.7. The molecular formula is C17H18O3. The molecule has 0 saturated carbocycles. The molecule has 0 fully saturated rings. The molecule has 1 aliphatic carbocycles. The molecule has 1 unspecified atom stereocenters. The molecule has 0 aromatic heterocycles. The Morgan fingerprint density at radius 1 is 1.30 bits per heavy atom. The van der Waals surface area contributed by atoms with E-state index in [0.29, 0.717) is 12.0 Å². The van der Waals surface area contributed by atoms with Gasteiger partial charge in [0.2, 0.25) is 0 Å². The lowest BCUT2D eigenvalue weighted by Crippen LogP contribution is -2.36. The lowest BCUT2D eigenvalue weighted by Gasteiger charge is -2.32. The molecule has 0 spiro atoms. The number of terminal acetylenes is 1. The minimum Gasteiger partial charge on any atom is -0.505 e. The van der Waals surface area contributed by atoms with Crippen molar-refractivity contribution < 1.29 is 14.6 Å². The predicted molar refractivity (Wildman–Crippen MR) is 78.1 cm³/mol. The molecule has 3 nitrogen and oxygen atoms in total. The van der Waals surface area contributed by atoms with Gasteiger partial charge in [0, 0.05) is 0 Å². The van der Waals surface area contributed by atoms with Gasteiger partial charge in [-0.3, -0.25) is 0 Å². The van der Waals surface area contributed by atoms with Crippen molar-refractivity contribution in [3.05, 3.63) is 54.3 Å². The molecule has 0 saturated heterocycles. The van der Waals surface area contributed by atoms with Crippen molar-refractivity contribution in [2.75, 3.05) is 14.2 Å². The zero-order valence-electron chi connectivity index (χ0n) is 11.7. The monoisotopic (exact) mass is 270 g/mol. The van der Waals surface area contributed by atoms with E-state index in [9.17, 15) is 5.11 Å². The maximum atomic E-state index is 10.9. The van der Waals surface area contributed by atoms with Gasteiger partial charge in [0.25, 0.3) is 0 Å². The standard InChI is InChI=1S/C17H18O3/c1-4-17(18,14-6-8-15(20-3)9-7-14)16(11-12-16)10-5-13-19-2/h1,5-9,11-13,18H,10H2,2-3H3/b13-5+. The van der Waals surface area contributed by atoms with E-state index in [4.69, 9.17) is 15.9 Å². The predicted octanol–water partition coefficient (Wildman–Crippen LogP) is 2.62. The highest BCUT2D eigenvalue weighted by Crippen LogP contribution is 2.53. The molecule has 2 rings (SSSR count). The van der Waals surface area contributed by atoms with Crippen LogP contribution in [0, 0.1) is 17.8 Å². The summed E-state index contributed by atoms with van der Waals surface area (Å²) in [6.45, 7) is 0. The highest BCUT2D eigenvalue weighted by molar-refractivity contribution is 5.47. The van der Waals surface area contributed by atoms with Crippen LogP contribution in [-0.2, 0) is 10.3 Å². The van der Waals surface area contributed by atoms with Crippen LogP contribution in [0.3, 0.4) is 0 Å². The van der Waals surface area contributed by atoms with Gasteiger partial charge in [0.15, 0.2) is 5.60 Å². The van der Waals surface area contributed by atoms with Gasteiger partial charge in [0.05, 0.1) is 25.9 Å². The van der Waals surface area contributed by atoms with Gasteiger partial charge >= 0.3 is 0 Å². The summed E-state index contributed by atoms with van der Waals surface area (Å²) in [6.07, 6.45) is 13.5. The second-order valence-corrected chi connectivity index (χ2v) is 4.77. The zero-order chi connectivity index (χ0) is 14.6. The Labute approximate surface area is 119 Å². The van der Waals surface area contributed by atoms with Gasteiger partial charge in [-0.2, -0.15) is 0 Å². The van der Waals surface area contributed by atoms with Crippen molar-refractivity contribution >= 4 is 0 Å². The van der Waals surface area contributed by atoms with Crippen LogP contribution >= 0.6 is 0 Å². The first-order chi connectivity index (χ1) is 9.62. The summed E-state index contributed by atoms with van der Waals surface area (Å²) in [7, 11) is 3.18. The van der Waals surface area contributed by atoms with Crippen LogP contribution < -0.4 is 4.74 Å². The molecule has 20 heavy (non-hydrogen) atoms. The maximum Gasteiger partial charge on any atom is 0.163 e. The highest BCUT2D eigenvalue weighted by Gasteiger charge is 2.52. The summed E-state index contributed by atoms with van der Waals surface area (Å²) < 4.78 is 10.0. The van der Waals surface area contributed by atoms with Gasteiger partial charge < -0.3 is 14.6 Å². The first-order valence-electron chi connectivity index (χ1n) is 6.35. The van der Waals surface area contributed by atoms with Crippen LogP contribution in [0.1, 0.15) is 12.0 Å². The second-order valence-electron chi connectivity index (χ2n) is 4.77. The van der Waals surface area contributed by atoms with E-state index in [1.165, 1.54) is 0 Å². The SMILES string of the molecule is C#CC(O)(c1ccc(OC)cc1)C1(C/C=C/OC)C=C1. The molecule has 1 atom stereocenters. The molecule has 1 aliphatic rings. The van der Waals surface area contributed by atoms with Crippen LogP contribution in [0.5, 0.6) is 5.75 Å². The second kappa shape index (κ2) is 5.44. The molecule has 1 N–H and O–H groups in total. The molecular weight excluding hydrogens is 252 g/mol. The number of allylic oxidation sites excluding steroid dienone is 1. The molecule has 104 valence electrons. The Bertz CT molecular complexity index is 557. The van der Waals surface area contributed by atoms with Crippen LogP contribution in [0.2, 0.25) is 0 Å². The van der Waals surface area contributed by atoms with E-state index in [0.717, 1.165) is 5.75 Å². The van der Waals surface area contributed by atoms with E-state index < -0.39 is 11.0 Å². The first-order valence-corrected chi connectivity index (χ1v) is 6.35. The Balaban J connectivity index is 2.28. The lowest BCUT2D eigenvalue weighted by atomic mass is 9.75. The van der Waals surface area contributed by atoms with Crippen molar-refractivity contribution in [1.29, 1.82) is 0 Å². The average molecular weight is 270 g/mol. The smallest absolute Gasteiger partial charge is 0.163 e. The van der Waals surface area contributed by atoms with Gasteiger partial charge in [-0.15, -0.1) is 6.42 Å². The number of rotatable bonds is 6.